The Hall–Kier alpha value is -2.93. The molecule has 0 bridgehead atoms. The van der Waals surface area contributed by atoms with Gasteiger partial charge in [0.1, 0.15) is 5.82 Å². The van der Waals surface area contributed by atoms with Crippen molar-refractivity contribution in [2.24, 2.45) is 0 Å². The molecule has 4 rings (SSSR count). The fourth-order valence-electron chi connectivity index (χ4n) is 4.70. The molecule has 7 heteroatoms. The molecule has 2 fully saturated rings. The van der Waals surface area contributed by atoms with Crippen LogP contribution in [-0.2, 0) is 6.54 Å². The van der Waals surface area contributed by atoms with Crippen LogP contribution in [0.15, 0.2) is 42.5 Å². The van der Waals surface area contributed by atoms with Gasteiger partial charge in [-0.15, -0.1) is 0 Å². The lowest BCUT2D eigenvalue weighted by Gasteiger charge is -2.38. The zero-order chi connectivity index (χ0) is 23.4. The predicted octanol–water partition coefficient (Wildman–Crippen LogP) is 3.83. The molecule has 176 valence electrons. The maximum atomic E-state index is 14.5. The van der Waals surface area contributed by atoms with Crippen LogP contribution >= 0.6 is 0 Å². The number of rotatable bonds is 5. The van der Waals surface area contributed by atoms with Crippen molar-refractivity contribution >= 4 is 17.5 Å². The molecule has 0 saturated carbocycles. The molecule has 2 aliphatic rings. The number of nitrogens with one attached hydrogen (secondary N) is 1. The minimum absolute atomic E-state index is 0.0285. The average Bonchev–Trinajstić information content (AvgIpc) is 2.80. The van der Waals surface area contributed by atoms with Crippen LogP contribution in [0.3, 0.4) is 0 Å². The molecule has 0 aromatic heterocycles. The van der Waals surface area contributed by atoms with Crippen molar-refractivity contribution < 1.29 is 14.0 Å². The lowest BCUT2D eigenvalue weighted by Crippen LogP contribution is -2.55. The van der Waals surface area contributed by atoms with Gasteiger partial charge in [0.15, 0.2) is 5.78 Å². The molecule has 0 aliphatic carbocycles. The SMILES string of the molecule is CC(=O)c1ccc(N2CCN(C(=O)NC3CCN(Cc4cccc(C)c4)CC3)CC2)c(F)c1. The lowest BCUT2D eigenvalue weighted by atomic mass is 10.0. The summed E-state index contributed by atoms with van der Waals surface area (Å²) < 4.78 is 14.5. The first-order valence-corrected chi connectivity index (χ1v) is 11.8. The standard InChI is InChI=1S/C26H33FN4O2/c1-19-4-3-5-21(16-19)18-29-10-8-23(9-11-29)28-26(33)31-14-12-30(13-15-31)25-7-6-22(20(2)32)17-24(25)27/h3-7,16-17,23H,8-15,18H2,1-2H3,(H,28,33). The first-order valence-electron chi connectivity index (χ1n) is 11.8. The molecule has 33 heavy (non-hydrogen) atoms. The zero-order valence-electron chi connectivity index (χ0n) is 19.5. The Morgan fingerprint density at radius 2 is 1.73 bits per heavy atom. The molecule has 0 radical (unpaired) electrons. The molecule has 0 atom stereocenters. The zero-order valence-corrected chi connectivity index (χ0v) is 19.5. The summed E-state index contributed by atoms with van der Waals surface area (Å²) in [5.74, 6) is -0.541. The van der Waals surface area contributed by atoms with E-state index < -0.39 is 5.82 Å². The summed E-state index contributed by atoms with van der Waals surface area (Å²) in [6.07, 6.45) is 1.90. The smallest absolute Gasteiger partial charge is 0.317 e. The fraction of sp³-hybridized carbons (Fsp3) is 0.462. The second-order valence-electron chi connectivity index (χ2n) is 9.19. The van der Waals surface area contributed by atoms with Gasteiger partial charge in [-0.1, -0.05) is 29.8 Å². The Kier molecular flexibility index (Phi) is 7.28. The van der Waals surface area contributed by atoms with Crippen molar-refractivity contribution in [3.05, 3.63) is 65.0 Å². The number of Topliss-reactive ketones (excluding diaryl/α,β-unsaturated/α-hetero) is 1. The van der Waals surface area contributed by atoms with Gasteiger partial charge in [-0.05, 0) is 50.5 Å². The van der Waals surface area contributed by atoms with E-state index >= 15 is 0 Å². The van der Waals surface area contributed by atoms with Crippen LogP contribution in [0.25, 0.3) is 0 Å². The molecule has 2 aromatic carbocycles. The first kappa shape index (κ1) is 23.2. The Labute approximate surface area is 195 Å². The van der Waals surface area contributed by atoms with Crippen LogP contribution in [0.4, 0.5) is 14.9 Å². The number of piperazine rings is 1. The number of ketones is 1. The Morgan fingerprint density at radius 3 is 2.36 bits per heavy atom. The summed E-state index contributed by atoms with van der Waals surface area (Å²) in [6, 6.07) is 13.4. The topological polar surface area (TPSA) is 55.9 Å². The third-order valence-electron chi connectivity index (χ3n) is 6.67. The summed E-state index contributed by atoms with van der Waals surface area (Å²) in [7, 11) is 0. The second-order valence-corrected chi connectivity index (χ2v) is 9.19. The van der Waals surface area contributed by atoms with E-state index in [1.165, 1.54) is 24.1 Å². The highest BCUT2D eigenvalue weighted by molar-refractivity contribution is 5.94. The van der Waals surface area contributed by atoms with Crippen molar-refractivity contribution in [1.29, 1.82) is 0 Å². The molecule has 2 amide bonds. The third-order valence-corrected chi connectivity index (χ3v) is 6.67. The minimum Gasteiger partial charge on any atom is -0.366 e. The molecule has 0 spiro atoms. The van der Waals surface area contributed by atoms with Crippen molar-refractivity contribution in [2.75, 3.05) is 44.2 Å². The quantitative estimate of drug-likeness (QED) is 0.701. The minimum atomic E-state index is -0.391. The van der Waals surface area contributed by atoms with E-state index in [9.17, 15) is 14.0 Å². The van der Waals surface area contributed by atoms with Crippen molar-refractivity contribution in [1.82, 2.24) is 15.1 Å². The van der Waals surface area contributed by atoms with Crippen LogP contribution in [0.1, 0.15) is 41.3 Å². The van der Waals surface area contributed by atoms with Crippen LogP contribution in [0, 0.1) is 12.7 Å². The van der Waals surface area contributed by atoms with Crippen LogP contribution in [0.2, 0.25) is 0 Å². The van der Waals surface area contributed by atoms with E-state index in [-0.39, 0.29) is 17.9 Å². The van der Waals surface area contributed by atoms with Crippen LogP contribution in [-0.4, -0.2) is 66.9 Å². The van der Waals surface area contributed by atoms with Gasteiger partial charge >= 0.3 is 6.03 Å². The number of nitrogens with zero attached hydrogens (tertiary/aromatic N) is 3. The highest BCUT2D eigenvalue weighted by Gasteiger charge is 2.26. The van der Waals surface area contributed by atoms with E-state index in [1.54, 1.807) is 12.1 Å². The van der Waals surface area contributed by atoms with Crippen molar-refractivity contribution in [3.63, 3.8) is 0 Å². The average molecular weight is 453 g/mol. The molecular formula is C26H33FN4O2. The number of aryl methyl sites for hydroxylation is 1. The number of likely N-dealkylation sites (tertiary alicyclic amines) is 1. The monoisotopic (exact) mass is 452 g/mol. The molecule has 2 aliphatic heterocycles. The number of carbonyl (C=O) groups excluding carboxylic acids is 2. The molecule has 1 N–H and O–H groups in total. The van der Waals surface area contributed by atoms with Crippen LogP contribution in [0.5, 0.6) is 0 Å². The van der Waals surface area contributed by atoms with Gasteiger partial charge in [-0.2, -0.15) is 0 Å². The summed E-state index contributed by atoms with van der Waals surface area (Å²) in [4.78, 5) is 30.4. The number of halogens is 1. The van der Waals surface area contributed by atoms with Gasteiger partial charge in [0, 0.05) is 57.4 Å². The summed E-state index contributed by atoms with van der Waals surface area (Å²) >= 11 is 0. The number of benzene rings is 2. The molecular weight excluding hydrogens is 419 g/mol. The number of piperidine rings is 1. The lowest BCUT2D eigenvalue weighted by molar-refractivity contribution is 0.101. The number of amides is 2. The number of anilines is 1. The van der Waals surface area contributed by atoms with E-state index in [2.05, 4.69) is 41.4 Å². The van der Waals surface area contributed by atoms with Gasteiger partial charge < -0.3 is 15.1 Å². The predicted molar refractivity (Wildman–Crippen MR) is 128 cm³/mol. The number of urea groups is 1. The third kappa shape index (κ3) is 5.90. The van der Waals surface area contributed by atoms with E-state index in [0.29, 0.717) is 37.4 Å². The summed E-state index contributed by atoms with van der Waals surface area (Å²) in [6.45, 7) is 8.68. The molecule has 0 unspecified atom stereocenters. The second kappa shape index (κ2) is 10.3. The Bertz CT molecular complexity index is 996. The molecule has 6 nitrogen and oxygen atoms in total. The maximum absolute atomic E-state index is 14.5. The molecule has 2 saturated heterocycles. The maximum Gasteiger partial charge on any atom is 0.317 e. The van der Waals surface area contributed by atoms with Gasteiger partial charge in [-0.3, -0.25) is 9.69 Å². The van der Waals surface area contributed by atoms with E-state index in [1.807, 2.05) is 9.80 Å². The summed E-state index contributed by atoms with van der Waals surface area (Å²) in [5.41, 5.74) is 3.48. The highest BCUT2D eigenvalue weighted by Crippen LogP contribution is 2.22. The first-order chi connectivity index (χ1) is 15.9. The number of hydrogen-bond donors (Lipinski definition) is 1. The van der Waals surface area contributed by atoms with Gasteiger partial charge in [0.2, 0.25) is 0 Å². The largest absolute Gasteiger partial charge is 0.366 e. The number of carbonyl (C=O) groups is 2. The highest BCUT2D eigenvalue weighted by atomic mass is 19.1. The Morgan fingerprint density at radius 1 is 1.00 bits per heavy atom. The van der Waals surface area contributed by atoms with Crippen LogP contribution < -0.4 is 10.2 Å². The van der Waals surface area contributed by atoms with E-state index in [4.69, 9.17) is 0 Å². The van der Waals surface area contributed by atoms with E-state index in [0.717, 1.165) is 32.5 Å². The normalized spacial score (nSPS) is 17.8. The van der Waals surface area contributed by atoms with Gasteiger partial charge in [0.25, 0.3) is 0 Å². The van der Waals surface area contributed by atoms with Gasteiger partial charge in [-0.25, -0.2) is 9.18 Å². The van der Waals surface area contributed by atoms with Crippen molar-refractivity contribution in [3.8, 4) is 0 Å². The summed E-state index contributed by atoms with van der Waals surface area (Å²) in [5, 5.41) is 3.20. The van der Waals surface area contributed by atoms with Crippen molar-refractivity contribution in [2.45, 2.75) is 39.3 Å². The fourth-order valence-corrected chi connectivity index (χ4v) is 4.70. The molecule has 2 heterocycles. The Balaban J connectivity index is 1.22. The van der Waals surface area contributed by atoms with Gasteiger partial charge in [0.05, 0.1) is 5.69 Å². The number of hydrogen-bond acceptors (Lipinski definition) is 4. The molecule has 2 aromatic rings.